The van der Waals surface area contributed by atoms with Gasteiger partial charge in [-0.1, -0.05) is 12.1 Å². The van der Waals surface area contributed by atoms with E-state index in [-0.39, 0.29) is 60.4 Å². The number of phenols is 2. The maximum absolute atomic E-state index is 10.3. The number of hydrogen-bond donors (Lipinski definition) is 2. The molecule has 2 N–H and O–H groups in total. The van der Waals surface area contributed by atoms with Crippen LogP contribution in [0.3, 0.4) is 0 Å². The summed E-state index contributed by atoms with van der Waals surface area (Å²) >= 11 is 0. The molecule has 0 saturated carbocycles. The second-order valence-corrected chi connectivity index (χ2v) is 6.66. The van der Waals surface area contributed by atoms with Crippen LogP contribution in [0.2, 0.25) is 0 Å². The van der Waals surface area contributed by atoms with E-state index in [1.807, 2.05) is 0 Å². The zero-order valence-electron chi connectivity index (χ0n) is 11.5. The molecule has 0 spiro atoms. The smallest absolute Gasteiger partial charge is 0.744 e. The fraction of sp³-hybridized carbons (Fsp3) is 0. The summed E-state index contributed by atoms with van der Waals surface area (Å²) in [7, 11) is -8.87. The summed E-state index contributed by atoms with van der Waals surface area (Å²) in [5, 5.41) is 17.5. The van der Waals surface area contributed by atoms with Crippen molar-refractivity contribution in [3.63, 3.8) is 0 Å². The minimum atomic E-state index is -4.44. The summed E-state index contributed by atoms with van der Waals surface area (Å²) in [5.41, 5.74) is 0. The van der Waals surface area contributed by atoms with E-state index < -0.39 is 30.0 Å². The molecule has 0 amide bonds. The van der Waals surface area contributed by atoms with Gasteiger partial charge in [0.25, 0.3) is 0 Å². The molecular formula is C12H10BaO8S2. The molecule has 2 aromatic carbocycles. The molecule has 23 heavy (non-hydrogen) atoms. The molecule has 0 aliphatic rings. The molecule has 0 saturated heterocycles. The molecule has 120 valence electrons. The fourth-order valence-electron chi connectivity index (χ4n) is 1.28. The first kappa shape index (κ1) is 22.4. The summed E-state index contributed by atoms with van der Waals surface area (Å²) in [5.74, 6) is -0.469. The van der Waals surface area contributed by atoms with Crippen LogP contribution in [0.1, 0.15) is 0 Å². The molecule has 0 heterocycles. The normalized spacial score (nSPS) is 10.9. The molecule has 0 aliphatic carbocycles. The topological polar surface area (TPSA) is 155 Å². The van der Waals surface area contributed by atoms with Gasteiger partial charge in [-0.15, -0.1) is 0 Å². The van der Waals surface area contributed by atoms with Crippen molar-refractivity contribution in [2.45, 2.75) is 9.79 Å². The summed E-state index contributed by atoms with van der Waals surface area (Å²) < 4.78 is 61.9. The van der Waals surface area contributed by atoms with Crippen molar-refractivity contribution in [1.29, 1.82) is 0 Å². The van der Waals surface area contributed by atoms with Gasteiger partial charge in [0.2, 0.25) is 0 Å². The van der Waals surface area contributed by atoms with Crippen LogP contribution in [0.25, 0.3) is 0 Å². The standard InChI is InChI=1S/2C6H6O4S.Ba/c2*7-5-2-1-3-6(4-5)11(8,9)10;/h2*1-4,7H,(H,8,9,10);/q;;+2/p-2. The van der Waals surface area contributed by atoms with Gasteiger partial charge >= 0.3 is 48.9 Å². The Morgan fingerprint density at radius 3 is 1.17 bits per heavy atom. The molecule has 0 unspecified atom stereocenters. The SMILES string of the molecule is O=S(=O)([O-])c1cccc(O)c1.O=S(=O)([O-])c1cccc(O)c1.[Ba+2]. The largest absolute Gasteiger partial charge is 2.00 e. The number of rotatable bonds is 2. The van der Waals surface area contributed by atoms with E-state index >= 15 is 0 Å². The molecule has 8 nitrogen and oxygen atoms in total. The first-order valence-electron chi connectivity index (χ1n) is 5.50. The average molecular weight is 484 g/mol. The van der Waals surface area contributed by atoms with E-state index in [0.29, 0.717) is 0 Å². The van der Waals surface area contributed by atoms with Crippen LogP contribution < -0.4 is 0 Å². The van der Waals surface area contributed by atoms with Crippen molar-refractivity contribution < 1.29 is 36.2 Å². The van der Waals surface area contributed by atoms with Crippen LogP contribution in [0.4, 0.5) is 0 Å². The van der Waals surface area contributed by atoms with E-state index in [1.165, 1.54) is 24.3 Å². The monoisotopic (exact) mass is 484 g/mol. The Bertz CT molecular complexity index is 789. The molecule has 0 bridgehead atoms. The van der Waals surface area contributed by atoms with E-state index in [9.17, 15) is 25.9 Å². The van der Waals surface area contributed by atoms with Crippen molar-refractivity contribution in [2.75, 3.05) is 0 Å². The number of aromatic hydroxyl groups is 2. The van der Waals surface area contributed by atoms with Crippen molar-refractivity contribution >= 4 is 69.1 Å². The van der Waals surface area contributed by atoms with Crippen LogP contribution in [0, 0.1) is 0 Å². The Morgan fingerprint density at radius 2 is 1.00 bits per heavy atom. The van der Waals surface area contributed by atoms with E-state index in [0.717, 1.165) is 24.3 Å². The van der Waals surface area contributed by atoms with Gasteiger partial charge in [-0.3, -0.25) is 0 Å². The Morgan fingerprint density at radius 1 is 0.696 bits per heavy atom. The molecule has 0 atom stereocenters. The maximum atomic E-state index is 10.3. The average Bonchev–Trinajstić information content (AvgIpc) is 2.37. The third kappa shape index (κ3) is 8.19. The van der Waals surface area contributed by atoms with Gasteiger partial charge in [-0.25, -0.2) is 16.8 Å². The van der Waals surface area contributed by atoms with Gasteiger partial charge in [0, 0.05) is 0 Å². The quantitative estimate of drug-likeness (QED) is 0.454. The number of benzene rings is 2. The Balaban J connectivity index is 0.000000403. The molecule has 11 heteroatoms. The molecule has 2 aromatic rings. The predicted molar refractivity (Wildman–Crippen MR) is 77.9 cm³/mol. The first-order valence-corrected chi connectivity index (χ1v) is 8.31. The maximum Gasteiger partial charge on any atom is 2.00 e. The minimum absolute atomic E-state index is 0. The van der Waals surface area contributed by atoms with Crippen molar-refractivity contribution in [3.8, 4) is 11.5 Å². The summed E-state index contributed by atoms with van der Waals surface area (Å²) in [6, 6.07) is 9.22. The second-order valence-electron chi connectivity index (χ2n) is 3.90. The van der Waals surface area contributed by atoms with Crippen molar-refractivity contribution in [2.24, 2.45) is 0 Å². The van der Waals surface area contributed by atoms with Gasteiger partial charge in [0.05, 0.1) is 9.79 Å². The molecule has 0 radical (unpaired) electrons. The fourth-order valence-corrected chi connectivity index (χ4v) is 2.30. The van der Waals surface area contributed by atoms with E-state index in [2.05, 4.69) is 0 Å². The van der Waals surface area contributed by atoms with Crippen LogP contribution in [-0.4, -0.2) is 85.0 Å². The second kappa shape index (κ2) is 9.06. The third-order valence-corrected chi connectivity index (χ3v) is 3.88. The van der Waals surface area contributed by atoms with Crippen LogP contribution in [-0.2, 0) is 20.2 Å². The first-order chi connectivity index (χ1) is 10.00. The Kier molecular flexibility index (Phi) is 8.83. The molecular weight excluding hydrogens is 474 g/mol. The van der Waals surface area contributed by atoms with Gasteiger partial charge in [-0.2, -0.15) is 0 Å². The minimum Gasteiger partial charge on any atom is -0.744 e. The van der Waals surface area contributed by atoms with Gasteiger partial charge in [0.1, 0.15) is 31.7 Å². The Labute approximate surface area is 173 Å². The van der Waals surface area contributed by atoms with Crippen LogP contribution >= 0.6 is 0 Å². The van der Waals surface area contributed by atoms with Crippen molar-refractivity contribution in [1.82, 2.24) is 0 Å². The third-order valence-electron chi connectivity index (χ3n) is 2.21. The van der Waals surface area contributed by atoms with Gasteiger partial charge in [0.15, 0.2) is 0 Å². The van der Waals surface area contributed by atoms with Gasteiger partial charge in [-0.05, 0) is 36.4 Å². The molecule has 0 fully saturated rings. The van der Waals surface area contributed by atoms with E-state index in [1.54, 1.807) is 0 Å². The number of hydrogen-bond acceptors (Lipinski definition) is 8. The van der Waals surface area contributed by atoms with Crippen LogP contribution in [0.5, 0.6) is 11.5 Å². The zero-order valence-corrected chi connectivity index (χ0v) is 17.6. The predicted octanol–water partition coefficient (Wildman–Crippen LogP) is 0.212. The summed E-state index contributed by atoms with van der Waals surface area (Å²) in [4.78, 5) is -0.838. The summed E-state index contributed by atoms with van der Waals surface area (Å²) in [6.45, 7) is 0. The number of phenolic OH excluding ortho intramolecular Hbond substituents is 2. The van der Waals surface area contributed by atoms with Crippen molar-refractivity contribution in [3.05, 3.63) is 48.5 Å². The molecule has 0 aliphatic heterocycles. The molecule has 2 rings (SSSR count). The Hall–Kier alpha value is -0.569. The van der Waals surface area contributed by atoms with Crippen LogP contribution in [0.15, 0.2) is 58.3 Å². The molecule has 0 aromatic heterocycles. The van der Waals surface area contributed by atoms with Gasteiger partial charge < -0.3 is 19.3 Å². The zero-order chi connectivity index (χ0) is 17.0. The summed E-state index contributed by atoms with van der Waals surface area (Å²) in [6.07, 6.45) is 0. The van der Waals surface area contributed by atoms with E-state index in [4.69, 9.17) is 10.2 Å².